The van der Waals surface area contributed by atoms with Gasteiger partial charge in [-0.05, 0) is 11.4 Å². The zero-order valence-corrected chi connectivity index (χ0v) is 16.2. The summed E-state index contributed by atoms with van der Waals surface area (Å²) in [4.78, 5) is 52.5. The smallest absolute Gasteiger partial charge is 0.332 e. The first-order chi connectivity index (χ1) is 13.4. The van der Waals surface area contributed by atoms with E-state index >= 15 is 0 Å². The van der Waals surface area contributed by atoms with E-state index in [0.29, 0.717) is 4.88 Å². The molecule has 148 valence electrons. The molecule has 1 amide bonds. The van der Waals surface area contributed by atoms with Gasteiger partial charge in [0.15, 0.2) is 11.2 Å². The fraction of sp³-hybridized carbons (Fsp3) is 0.353. The molecule has 11 heteroatoms. The minimum atomic E-state index is -0.462. The van der Waals surface area contributed by atoms with Crippen LogP contribution in [0.2, 0.25) is 0 Å². The first kappa shape index (κ1) is 19.5. The minimum Gasteiger partial charge on any atom is -0.464 e. The maximum Gasteiger partial charge on any atom is 0.332 e. The third-order valence-corrected chi connectivity index (χ3v) is 5.04. The van der Waals surface area contributed by atoms with E-state index in [1.807, 2.05) is 0 Å². The molecule has 0 spiro atoms. The first-order valence-electron chi connectivity index (χ1n) is 8.48. The summed E-state index contributed by atoms with van der Waals surface area (Å²) in [5.41, 5.74) is -0.378. The van der Waals surface area contributed by atoms with E-state index in [0.717, 1.165) is 4.57 Å². The van der Waals surface area contributed by atoms with Gasteiger partial charge >= 0.3 is 11.7 Å². The number of nitrogens with zero attached hydrogens (tertiary/aromatic N) is 4. The molecule has 0 saturated heterocycles. The molecule has 1 N–H and O–H groups in total. The van der Waals surface area contributed by atoms with Crippen LogP contribution in [0.1, 0.15) is 16.1 Å². The predicted molar refractivity (Wildman–Crippen MR) is 102 cm³/mol. The second-order valence-electron chi connectivity index (χ2n) is 6.02. The van der Waals surface area contributed by atoms with E-state index in [2.05, 4.69) is 10.3 Å². The van der Waals surface area contributed by atoms with Crippen molar-refractivity contribution in [3.05, 3.63) is 49.6 Å². The van der Waals surface area contributed by atoms with Gasteiger partial charge in [0.2, 0.25) is 0 Å². The van der Waals surface area contributed by atoms with Gasteiger partial charge in [-0.3, -0.25) is 23.5 Å². The number of thiophene rings is 1. The highest BCUT2D eigenvalue weighted by atomic mass is 32.1. The lowest BCUT2D eigenvalue weighted by atomic mass is 10.4. The van der Waals surface area contributed by atoms with Gasteiger partial charge in [0.25, 0.3) is 11.5 Å². The number of carbonyl (C=O) groups is 2. The molecule has 0 radical (unpaired) electrons. The summed E-state index contributed by atoms with van der Waals surface area (Å²) in [7, 11) is 2.93. The lowest BCUT2D eigenvalue weighted by Gasteiger charge is -2.08. The second kappa shape index (κ2) is 8.21. The van der Waals surface area contributed by atoms with Crippen molar-refractivity contribution < 1.29 is 14.3 Å². The lowest BCUT2D eigenvalue weighted by Crippen LogP contribution is -2.37. The number of fused-ring (bicyclic) bond motifs is 1. The number of imidazole rings is 1. The molecule has 28 heavy (non-hydrogen) atoms. The summed E-state index contributed by atoms with van der Waals surface area (Å²) in [6, 6.07) is 3.48. The topological polar surface area (TPSA) is 117 Å². The van der Waals surface area contributed by atoms with Crippen molar-refractivity contribution in [3.8, 4) is 0 Å². The van der Waals surface area contributed by atoms with E-state index in [1.165, 1.54) is 36.3 Å². The zero-order chi connectivity index (χ0) is 20.3. The van der Waals surface area contributed by atoms with Crippen LogP contribution >= 0.6 is 11.3 Å². The molecule has 0 unspecified atom stereocenters. The van der Waals surface area contributed by atoms with E-state index < -0.39 is 17.2 Å². The zero-order valence-electron chi connectivity index (χ0n) is 15.4. The van der Waals surface area contributed by atoms with E-state index in [-0.39, 0.29) is 43.2 Å². The molecule has 0 aliphatic heterocycles. The van der Waals surface area contributed by atoms with Crippen molar-refractivity contribution in [2.45, 2.75) is 13.0 Å². The summed E-state index contributed by atoms with van der Waals surface area (Å²) >= 11 is 1.32. The van der Waals surface area contributed by atoms with E-state index in [1.54, 1.807) is 22.1 Å². The quantitative estimate of drug-likeness (QED) is 0.547. The van der Waals surface area contributed by atoms with Crippen LogP contribution in [0.5, 0.6) is 0 Å². The standard InChI is InChI=1S/C17H19N5O5S/c1-20-14-13(16(25)21(2)17(20)26)22(10-19-14)7-8-27-12(23)5-6-18-15(24)11-4-3-9-28-11/h3-4,9-10H,5-8H2,1-2H3,(H,18,24). The molecule has 0 saturated carbocycles. The molecule has 3 heterocycles. The van der Waals surface area contributed by atoms with E-state index in [4.69, 9.17) is 4.74 Å². The largest absolute Gasteiger partial charge is 0.464 e. The van der Waals surface area contributed by atoms with Crippen molar-refractivity contribution in [2.75, 3.05) is 13.2 Å². The van der Waals surface area contributed by atoms with Gasteiger partial charge in [0.05, 0.1) is 24.2 Å². The number of carbonyl (C=O) groups excluding carboxylic acids is 2. The van der Waals surface area contributed by atoms with Crippen LogP contribution in [0, 0.1) is 0 Å². The molecular weight excluding hydrogens is 386 g/mol. The number of hydrogen-bond donors (Lipinski definition) is 1. The van der Waals surface area contributed by atoms with E-state index in [9.17, 15) is 19.2 Å². The summed E-state index contributed by atoms with van der Waals surface area (Å²) in [5, 5.41) is 4.45. The monoisotopic (exact) mass is 405 g/mol. The van der Waals surface area contributed by atoms with Gasteiger partial charge in [-0.15, -0.1) is 11.3 Å². The Hall–Kier alpha value is -3.21. The average Bonchev–Trinajstić information content (AvgIpc) is 3.35. The lowest BCUT2D eigenvalue weighted by molar-refractivity contribution is -0.143. The number of ether oxygens (including phenoxy) is 1. The first-order valence-corrected chi connectivity index (χ1v) is 9.36. The highest BCUT2D eigenvalue weighted by molar-refractivity contribution is 7.12. The summed E-state index contributed by atoms with van der Waals surface area (Å²) in [6.45, 7) is 0.429. The summed E-state index contributed by atoms with van der Waals surface area (Å²) in [6.07, 6.45) is 1.47. The summed E-state index contributed by atoms with van der Waals surface area (Å²) < 4.78 is 8.98. The molecule has 0 atom stereocenters. The molecule has 0 aliphatic rings. The van der Waals surface area contributed by atoms with Crippen molar-refractivity contribution in [1.29, 1.82) is 0 Å². The van der Waals surface area contributed by atoms with Crippen molar-refractivity contribution >= 4 is 34.4 Å². The number of aryl methyl sites for hydroxylation is 1. The van der Waals surface area contributed by atoms with Gasteiger partial charge in [-0.1, -0.05) is 6.07 Å². The SMILES string of the molecule is Cn1c(=O)c2c(ncn2CCOC(=O)CCNC(=O)c2cccs2)n(C)c1=O. The van der Waals surface area contributed by atoms with Crippen LogP contribution in [0.4, 0.5) is 0 Å². The molecular formula is C17H19N5O5S. The maximum absolute atomic E-state index is 12.3. The average molecular weight is 405 g/mol. The Labute approximate surface area is 163 Å². The van der Waals surface area contributed by atoms with Crippen LogP contribution < -0.4 is 16.6 Å². The molecule has 0 fully saturated rings. The van der Waals surface area contributed by atoms with Gasteiger partial charge < -0.3 is 14.6 Å². The molecule has 3 aromatic heterocycles. The number of aromatic nitrogens is 4. The molecule has 3 aromatic rings. The highest BCUT2D eigenvalue weighted by Gasteiger charge is 2.14. The molecule has 3 rings (SSSR count). The molecule has 0 aromatic carbocycles. The number of hydrogen-bond acceptors (Lipinski definition) is 7. The third kappa shape index (κ3) is 3.88. The Bertz CT molecular complexity index is 1130. The third-order valence-electron chi connectivity index (χ3n) is 4.17. The van der Waals surface area contributed by atoms with Crippen molar-refractivity contribution in [3.63, 3.8) is 0 Å². The fourth-order valence-corrected chi connectivity index (χ4v) is 3.31. The number of nitrogens with one attached hydrogen (secondary N) is 1. The summed E-state index contributed by atoms with van der Waals surface area (Å²) in [5.74, 6) is -0.689. The van der Waals surface area contributed by atoms with Crippen molar-refractivity contribution in [2.24, 2.45) is 14.1 Å². The molecule has 0 bridgehead atoms. The van der Waals surface area contributed by atoms with Gasteiger partial charge in [0.1, 0.15) is 6.61 Å². The van der Waals surface area contributed by atoms with Gasteiger partial charge in [-0.25, -0.2) is 9.78 Å². The van der Waals surface area contributed by atoms with Gasteiger partial charge in [-0.2, -0.15) is 0 Å². The van der Waals surface area contributed by atoms with Crippen LogP contribution in [-0.4, -0.2) is 43.7 Å². The number of amides is 1. The number of esters is 1. The Kier molecular flexibility index (Phi) is 5.73. The molecule has 0 aliphatic carbocycles. The molecule has 10 nitrogen and oxygen atoms in total. The van der Waals surface area contributed by atoms with Gasteiger partial charge in [0, 0.05) is 20.6 Å². The fourth-order valence-electron chi connectivity index (χ4n) is 2.67. The highest BCUT2D eigenvalue weighted by Crippen LogP contribution is 2.08. The Balaban J connectivity index is 1.52. The predicted octanol–water partition coefficient (Wildman–Crippen LogP) is -0.142. The second-order valence-corrected chi connectivity index (χ2v) is 6.97. The Morgan fingerprint density at radius 2 is 2.04 bits per heavy atom. The van der Waals surface area contributed by atoms with Crippen LogP contribution in [0.15, 0.2) is 33.4 Å². The normalized spacial score (nSPS) is 10.9. The van der Waals surface area contributed by atoms with Crippen molar-refractivity contribution in [1.82, 2.24) is 24.0 Å². The Morgan fingerprint density at radius 3 is 2.75 bits per heavy atom. The number of rotatable bonds is 7. The maximum atomic E-state index is 12.3. The minimum absolute atomic E-state index is 0.0369. The Morgan fingerprint density at radius 1 is 1.25 bits per heavy atom. The van der Waals surface area contributed by atoms with Crippen LogP contribution in [0.25, 0.3) is 11.2 Å². The van der Waals surface area contributed by atoms with Crippen LogP contribution in [0.3, 0.4) is 0 Å². The van der Waals surface area contributed by atoms with Crippen LogP contribution in [-0.2, 0) is 30.2 Å².